The standard InChI is InChI=1S/C18H18N4OS/c1-13(14-6-4-3-5-7-14)22(2)18(23)21-17-20-16(12-24-17)15-8-10-19-11-9-15/h3-13H,1-2H3,(H,20,21,23)/t13-/m1/s1. The number of hydrogen-bond acceptors (Lipinski definition) is 4. The molecule has 0 aliphatic heterocycles. The number of anilines is 1. The van der Waals surface area contributed by atoms with Crippen molar-refractivity contribution < 1.29 is 4.79 Å². The lowest BCUT2D eigenvalue weighted by atomic mass is 10.1. The zero-order valence-electron chi connectivity index (χ0n) is 13.5. The summed E-state index contributed by atoms with van der Waals surface area (Å²) in [5.41, 5.74) is 2.90. The van der Waals surface area contributed by atoms with Gasteiger partial charge in [-0.3, -0.25) is 10.3 Å². The van der Waals surface area contributed by atoms with Crippen LogP contribution in [0, 0.1) is 0 Å². The van der Waals surface area contributed by atoms with E-state index in [4.69, 9.17) is 0 Å². The number of urea groups is 1. The molecule has 0 saturated carbocycles. The van der Waals surface area contributed by atoms with Gasteiger partial charge in [0.25, 0.3) is 0 Å². The van der Waals surface area contributed by atoms with E-state index in [0.29, 0.717) is 5.13 Å². The molecule has 1 atom stereocenters. The van der Waals surface area contributed by atoms with Crippen LogP contribution in [0.1, 0.15) is 18.5 Å². The van der Waals surface area contributed by atoms with Gasteiger partial charge in [-0.05, 0) is 24.6 Å². The largest absolute Gasteiger partial charge is 0.323 e. The van der Waals surface area contributed by atoms with Crippen molar-refractivity contribution in [2.24, 2.45) is 0 Å². The molecule has 1 N–H and O–H groups in total. The average Bonchev–Trinajstić information content (AvgIpc) is 3.10. The molecular formula is C18H18N4OS. The molecule has 0 spiro atoms. The maximum absolute atomic E-state index is 12.4. The lowest BCUT2D eigenvalue weighted by molar-refractivity contribution is 0.208. The van der Waals surface area contributed by atoms with E-state index in [1.807, 2.05) is 54.8 Å². The Morgan fingerprint density at radius 1 is 1.17 bits per heavy atom. The summed E-state index contributed by atoms with van der Waals surface area (Å²) in [7, 11) is 1.78. The van der Waals surface area contributed by atoms with Gasteiger partial charge in [-0.2, -0.15) is 0 Å². The lowest BCUT2D eigenvalue weighted by Crippen LogP contribution is -2.33. The van der Waals surface area contributed by atoms with Crippen molar-refractivity contribution in [2.45, 2.75) is 13.0 Å². The summed E-state index contributed by atoms with van der Waals surface area (Å²) < 4.78 is 0. The summed E-state index contributed by atoms with van der Waals surface area (Å²) >= 11 is 1.41. The molecule has 0 aliphatic rings. The highest BCUT2D eigenvalue weighted by atomic mass is 32.1. The summed E-state index contributed by atoms with van der Waals surface area (Å²) in [5, 5.41) is 5.37. The minimum absolute atomic E-state index is 0.0224. The van der Waals surface area contributed by atoms with Crippen LogP contribution in [-0.2, 0) is 0 Å². The van der Waals surface area contributed by atoms with E-state index in [1.54, 1.807) is 24.3 Å². The van der Waals surface area contributed by atoms with Gasteiger partial charge in [0.15, 0.2) is 5.13 Å². The number of benzene rings is 1. The number of amides is 2. The highest BCUT2D eigenvalue weighted by molar-refractivity contribution is 7.14. The molecule has 0 bridgehead atoms. The van der Waals surface area contributed by atoms with Crippen LogP contribution in [0.5, 0.6) is 0 Å². The van der Waals surface area contributed by atoms with E-state index < -0.39 is 0 Å². The van der Waals surface area contributed by atoms with Crippen LogP contribution in [0.2, 0.25) is 0 Å². The van der Waals surface area contributed by atoms with Crippen molar-refractivity contribution in [1.29, 1.82) is 0 Å². The summed E-state index contributed by atoms with van der Waals surface area (Å²) in [6.45, 7) is 2.00. The van der Waals surface area contributed by atoms with Gasteiger partial charge in [-0.15, -0.1) is 11.3 Å². The molecule has 3 aromatic rings. The van der Waals surface area contributed by atoms with E-state index in [2.05, 4.69) is 15.3 Å². The predicted octanol–water partition coefficient (Wildman–Crippen LogP) is 4.43. The zero-order valence-corrected chi connectivity index (χ0v) is 14.3. The molecule has 24 heavy (non-hydrogen) atoms. The van der Waals surface area contributed by atoms with Crippen LogP contribution < -0.4 is 5.32 Å². The SMILES string of the molecule is C[C@H](c1ccccc1)N(C)C(=O)Nc1nc(-c2ccncc2)cs1. The molecule has 0 saturated heterocycles. The molecule has 0 radical (unpaired) electrons. The Hall–Kier alpha value is -2.73. The second-order valence-corrected chi connectivity index (χ2v) is 6.26. The molecular weight excluding hydrogens is 320 g/mol. The predicted molar refractivity (Wildman–Crippen MR) is 97.0 cm³/mol. The molecule has 6 heteroatoms. The number of pyridine rings is 1. The first-order valence-corrected chi connectivity index (χ1v) is 8.48. The van der Waals surface area contributed by atoms with Crippen LogP contribution in [0.15, 0.2) is 60.2 Å². The van der Waals surface area contributed by atoms with E-state index >= 15 is 0 Å². The third kappa shape index (κ3) is 3.60. The van der Waals surface area contributed by atoms with Gasteiger partial charge in [0, 0.05) is 30.4 Å². The fourth-order valence-electron chi connectivity index (χ4n) is 2.30. The molecule has 0 fully saturated rings. The Labute approximate surface area is 145 Å². The first-order valence-electron chi connectivity index (χ1n) is 7.60. The quantitative estimate of drug-likeness (QED) is 0.765. The Kier molecular flexibility index (Phi) is 4.86. The van der Waals surface area contributed by atoms with Gasteiger partial charge < -0.3 is 4.90 Å². The number of aromatic nitrogens is 2. The van der Waals surface area contributed by atoms with Gasteiger partial charge in [-0.25, -0.2) is 9.78 Å². The fourth-order valence-corrected chi connectivity index (χ4v) is 3.01. The third-order valence-electron chi connectivity index (χ3n) is 3.88. The zero-order chi connectivity index (χ0) is 16.9. The normalized spacial score (nSPS) is 11.8. The van der Waals surface area contributed by atoms with Gasteiger partial charge in [0.1, 0.15) is 0 Å². The van der Waals surface area contributed by atoms with E-state index in [-0.39, 0.29) is 12.1 Å². The number of thiazole rings is 1. The molecule has 3 rings (SSSR count). The van der Waals surface area contributed by atoms with Crippen molar-refractivity contribution in [2.75, 3.05) is 12.4 Å². The van der Waals surface area contributed by atoms with Crippen LogP contribution >= 0.6 is 11.3 Å². The van der Waals surface area contributed by atoms with Crippen LogP contribution in [0.4, 0.5) is 9.93 Å². The monoisotopic (exact) mass is 338 g/mol. The van der Waals surface area contributed by atoms with E-state index in [0.717, 1.165) is 16.8 Å². The molecule has 2 heterocycles. The molecule has 5 nitrogen and oxygen atoms in total. The summed E-state index contributed by atoms with van der Waals surface area (Å²) in [6, 6.07) is 13.5. The topological polar surface area (TPSA) is 58.1 Å². The van der Waals surface area contributed by atoms with Crippen molar-refractivity contribution in [3.63, 3.8) is 0 Å². The lowest BCUT2D eigenvalue weighted by Gasteiger charge is -2.25. The highest BCUT2D eigenvalue weighted by Gasteiger charge is 2.18. The van der Waals surface area contributed by atoms with Crippen LogP contribution in [0.3, 0.4) is 0 Å². The van der Waals surface area contributed by atoms with Gasteiger partial charge in [-0.1, -0.05) is 30.3 Å². The molecule has 2 amide bonds. The number of nitrogens with zero attached hydrogens (tertiary/aromatic N) is 3. The second kappa shape index (κ2) is 7.23. The van der Waals surface area contributed by atoms with Crippen LogP contribution in [0.25, 0.3) is 11.3 Å². The summed E-state index contributed by atoms with van der Waals surface area (Å²) in [5.74, 6) is 0. The molecule has 1 aromatic carbocycles. The third-order valence-corrected chi connectivity index (χ3v) is 4.64. The minimum atomic E-state index is -0.179. The Morgan fingerprint density at radius 3 is 2.58 bits per heavy atom. The number of rotatable bonds is 4. The van der Waals surface area contributed by atoms with Gasteiger partial charge in [0.2, 0.25) is 0 Å². The first kappa shape index (κ1) is 16.1. The van der Waals surface area contributed by atoms with E-state index in [9.17, 15) is 4.79 Å². The average molecular weight is 338 g/mol. The maximum Gasteiger partial charge on any atom is 0.323 e. The first-order chi connectivity index (χ1) is 11.6. The number of nitrogens with one attached hydrogen (secondary N) is 1. The maximum atomic E-state index is 12.4. The Balaban J connectivity index is 1.68. The number of carbonyl (C=O) groups is 1. The molecule has 2 aromatic heterocycles. The van der Waals surface area contributed by atoms with Crippen molar-refractivity contribution in [3.8, 4) is 11.3 Å². The van der Waals surface area contributed by atoms with Crippen molar-refractivity contribution in [1.82, 2.24) is 14.9 Å². The van der Waals surface area contributed by atoms with Gasteiger partial charge >= 0.3 is 6.03 Å². The van der Waals surface area contributed by atoms with Crippen molar-refractivity contribution in [3.05, 3.63) is 65.8 Å². The highest BCUT2D eigenvalue weighted by Crippen LogP contribution is 2.25. The van der Waals surface area contributed by atoms with E-state index in [1.165, 1.54) is 11.3 Å². The molecule has 0 unspecified atom stereocenters. The molecule has 0 aliphatic carbocycles. The Bertz CT molecular complexity index is 804. The summed E-state index contributed by atoms with van der Waals surface area (Å²) in [6.07, 6.45) is 3.45. The minimum Gasteiger partial charge on any atom is -0.321 e. The summed E-state index contributed by atoms with van der Waals surface area (Å²) in [4.78, 5) is 22.6. The van der Waals surface area contributed by atoms with Crippen LogP contribution in [-0.4, -0.2) is 27.9 Å². The number of hydrogen-bond donors (Lipinski definition) is 1. The fraction of sp³-hybridized carbons (Fsp3) is 0.167. The smallest absolute Gasteiger partial charge is 0.321 e. The van der Waals surface area contributed by atoms with Crippen molar-refractivity contribution >= 4 is 22.5 Å². The Morgan fingerprint density at radius 2 is 1.88 bits per heavy atom. The second-order valence-electron chi connectivity index (χ2n) is 5.40. The molecule has 122 valence electrons. The number of carbonyl (C=O) groups excluding carboxylic acids is 1. The van der Waals surface area contributed by atoms with Gasteiger partial charge in [0.05, 0.1) is 11.7 Å².